The lowest BCUT2D eigenvalue weighted by Crippen LogP contribution is -2.51. The number of fused-ring (bicyclic) bond motifs is 1. The van der Waals surface area contributed by atoms with Gasteiger partial charge in [-0.1, -0.05) is 23.7 Å². The van der Waals surface area contributed by atoms with Crippen molar-refractivity contribution in [3.8, 4) is 0 Å². The van der Waals surface area contributed by atoms with Gasteiger partial charge in [0.25, 0.3) is 5.91 Å². The quantitative estimate of drug-likeness (QED) is 0.813. The molecule has 142 valence electrons. The Labute approximate surface area is 163 Å². The summed E-state index contributed by atoms with van der Waals surface area (Å²) in [5, 5.41) is 5.03. The summed E-state index contributed by atoms with van der Waals surface area (Å²) in [7, 11) is 0. The molecule has 0 unspecified atom stereocenters. The molecule has 2 aromatic rings. The average Bonchev–Trinajstić information content (AvgIpc) is 3.13. The molecule has 0 bridgehead atoms. The van der Waals surface area contributed by atoms with Crippen molar-refractivity contribution in [3.63, 3.8) is 0 Å². The zero-order valence-electron chi connectivity index (χ0n) is 15.2. The molecule has 0 aliphatic carbocycles. The van der Waals surface area contributed by atoms with E-state index in [1.807, 2.05) is 26.6 Å². The highest BCUT2D eigenvalue weighted by Crippen LogP contribution is 2.20. The number of halogens is 1. The van der Waals surface area contributed by atoms with E-state index >= 15 is 0 Å². The van der Waals surface area contributed by atoms with Gasteiger partial charge in [-0.15, -0.1) is 0 Å². The van der Waals surface area contributed by atoms with Gasteiger partial charge < -0.3 is 9.80 Å². The zero-order valence-corrected chi connectivity index (χ0v) is 16.0. The molecular formula is C20H23ClN4O2. The number of benzene rings is 1. The van der Waals surface area contributed by atoms with E-state index in [1.165, 1.54) is 0 Å². The van der Waals surface area contributed by atoms with E-state index in [-0.39, 0.29) is 11.8 Å². The predicted octanol–water partition coefficient (Wildman–Crippen LogP) is 2.40. The number of aromatic nitrogens is 2. The molecule has 4 rings (SSSR count). The van der Waals surface area contributed by atoms with Crippen LogP contribution in [0.5, 0.6) is 0 Å². The van der Waals surface area contributed by atoms with Crippen LogP contribution in [0.2, 0.25) is 5.02 Å². The molecule has 7 heteroatoms. The Morgan fingerprint density at radius 1 is 0.963 bits per heavy atom. The lowest BCUT2D eigenvalue weighted by Gasteiger charge is -2.35. The minimum Gasteiger partial charge on any atom is -0.339 e. The van der Waals surface area contributed by atoms with Crippen molar-refractivity contribution >= 4 is 23.4 Å². The van der Waals surface area contributed by atoms with Gasteiger partial charge in [-0.2, -0.15) is 5.10 Å². The third-order valence-corrected chi connectivity index (χ3v) is 5.65. The Morgan fingerprint density at radius 2 is 1.67 bits per heavy atom. The van der Waals surface area contributed by atoms with Crippen LogP contribution in [0.1, 0.15) is 34.5 Å². The molecule has 2 aliphatic heterocycles. The van der Waals surface area contributed by atoms with E-state index in [4.69, 9.17) is 11.6 Å². The molecule has 0 saturated carbocycles. The summed E-state index contributed by atoms with van der Waals surface area (Å²) >= 11 is 5.89. The van der Waals surface area contributed by atoms with Crippen LogP contribution in [-0.4, -0.2) is 57.6 Å². The first kappa shape index (κ1) is 18.0. The zero-order chi connectivity index (χ0) is 18.8. The molecule has 3 heterocycles. The molecule has 1 saturated heterocycles. The lowest BCUT2D eigenvalue weighted by atomic mass is 10.1. The first-order valence-electron chi connectivity index (χ1n) is 9.48. The molecule has 0 N–H and O–H groups in total. The molecule has 0 radical (unpaired) electrons. The van der Waals surface area contributed by atoms with Crippen LogP contribution in [0.3, 0.4) is 0 Å². The van der Waals surface area contributed by atoms with Gasteiger partial charge in [0.1, 0.15) is 0 Å². The number of hydrogen-bond acceptors (Lipinski definition) is 3. The fourth-order valence-corrected chi connectivity index (χ4v) is 3.94. The van der Waals surface area contributed by atoms with Gasteiger partial charge in [-0.3, -0.25) is 14.3 Å². The van der Waals surface area contributed by atoms with Crippen molar-refractivity contribution in [2.24, 2.45) is 0 Å². The summed E-state index contributed by atoms with van der Waals surface area (Å²) in [4.78, 5) is 29.1. The second-order valence-corrected chi connectivity index (χ2v) is 7.60. The number of carbonyl (C=O) groups is 2. The molecule has 1 fully saturated rings. The van der Waals surface area contributed by atoms with Crippen LogP contribution in [0, 0.1) is 0 Å². The molecule has 1 aromatic carbocycles. The van der Waals surface area contributed by atoms with Crippen molar-refractivity contribution in [1.82, 2.24) is 19.6 Å². The summed E-state index contributed by atoms with van der Waals surface area (Å²) in [6.07, 6.45) is 5.22. The number of amides is 2. The first-order chi connectivity index (χ1) is 13.1. The fraction of sp³-hybridized carbons (Fsp3) is 0.450. The Morgan fingerprint density at radius 3 is 2.41 bits per heavy atom. The van der Waals surface area contributed by atoms with Crippen molar-refractivity contribution in [2.75, 3.05) is 26.2 Å². The van der Waals surface area contributed by atoms with Crippen molar-refractivity contribution in [2.45, 2.75) is 32.2 Å². The fourth-order valence-electron chi connectivity index (χ4n) is 3.82. The van der Waals surface area contributed by atoms with Crippen LogP contribution in [0.25, 0.3) is 0 Å². The van der Waals surface area contributed by atoms with E-state index in [2.05, 4.69) is 5.10 Å². The van der Waals surface area contributed by atoms with Crippen LogP contribution >= 0.6 is 11.6 Å². The Balaban J connectivity index is 1.34. The lowest BCUT2D eigenvalue weighted by molar-refractivity contribution is -0.131. The van der Waals surface area contributed by atoms with E-state index in [1.54, 1.807) is 18.3 Å². The highest BCUT2D eigenvalue weighted by atomic mass is 35.5. The summed E-state index contributed by atoms with van der Waals surface area (Å²) in [6, 6.07) is 7.35. The number of rotatable bonds is 3. The predicted molar refractivity (Wildman–Crippen MR) is 103 cm³/mol. The van der Waals surface area contributed by atoms with Gasteiger partial charge in [-0.25, -0.2) is 0 Å². The van der Waals surface area contributed by atoms with Gasteiger partial charge in [0.05, 0.1) is 23.9 Å². The van der Waals surface area contributed by atoms with Gasteiger partial charge >= 0.3 is 0 Å². The first-order valence-corrected chi connectivity index (χ1v) is 9.86. The molecular weight excluding hydrogens is 364 g/mol. The Kier molecular flexibility index (Phi) is 5.16. The second-order valence-electron chi connectivity index (χ2n) is 7.16. The highest BCUT2D eigenvalue weighted by molar-refractivity contribution is 6.30. The van der Waals surface area contributed by atoms with Crippen molar-refractivity contribution < 1.29 is 9.59 Å². The van der Waals surface area contributed by atoms with Crippen molar-refractivity contribution in [3.05, 3.63) is 52.3 Å². The van der Waals surface area contributed by atoms with Crippen LogP contribution in [-0.2, 0) is 24.2 Å². The molecule has 27 heavy (non-hydrogen) atoms. The molecule has 2 aliphatic rings. The summed E-state index contributed by atoms with van der Waals surface area (Å²) < 4.78 is 1.96. The molecule has 0 spiro atoms. The van der Waals surface area contributed by atoms with Gasteiger partial charge in [0.2, 0.25) is 5.91 Å². The number of hydrogen-bond donors (Lipinski definition) is 0. The number of carbonyl (C=O) groups excluding carboxylic acids is 2. The largest absolute Gasteiger partial charge is 0.339 e. The highest BCUT2D eigenvalue weighted by Gasteiger charge is 2.28. The third kappa shape index (κ3) is 3.86. The SMILES string of the molecule is O=C(Cc1ccc(Cl)cc1)N1CCN(C(=O)c2cnn3c2CCCC3)CC1. The monoisotopic (exact) mass is 386 g/mol. The number of aryl methyl sites for hydroxylation is 1. The van der Waals surface area contributed by atoms with Gasteiger partial charge in [0, 0.05) is 37.7 Å². The Hall–Kier alpha value is -2.34. The molecule has 1 aromatic heterocycles. The summed E-state index contributed by atoms with van der Waals surface area (Å²) in [6.45, 7) is 3.17. The summed E-state index contributed by atoms with van der Waals surface area (Å²) in [5.74, 6) is 0.135. The Bertz CT molecular complexity index is 838. The number of piperazine rings is 1. The van der Waals surface area contributed by atoms with Gasteiger partial charge in [0.15, 0.2) is 0 Å². The van der Waals surface area contributed by atoms with E-state index in [0.717, 1.165) is 42.6 Å². The molecule has 0 atom stereocenters. The van der Waals surface area contributed by atoms with Gasteiger partial charge in [-0.05, 0) is 37.0 Å². The normalized spacial score (nSPS) is 16.9. The maximum atomic E-state index is 12.9. The number of nitrogens with zero attached hydrogens (tertiary/aromatic N) is 4. The van der Waals surface area contributed by atoms with E-state index in [0.29, 0.717) is 37.6 Å². The summed E-state index contributed by atoms with van der Waals surface area (Å²) in [5.41, 5.74) is 2.75. The minimum atomic E-state index is 0.0444. The maximum absolute atomic E-state index is 12.9. The smallest absolute Gasteiger partial charge is 0.257 e. The minimum absolute atomic E-state index is 0.0444. The van der Waals surface area contributed by atoms with Crippen molar-refractivity contribution in [1.29, 1.82) is 0 Å². The second kappa shape index (κ2) is 7.72. The topological polar surface area (TPSA) is 58.4 Å². The third-order valence-electron chi connectivity index (χ3n) is 5.40. The standard InChI is InChI=1S/C20H23ClN4O2/c21-16-6-4-15(5-7-16)13-19(26)23-9-11-24(12-10-23)20(27)17-14-22-25-8-2-1-3-18(17)25/h4-7,14H,1-3,8-13H2. The van der Waals surface area contributed by atoms with Crippen LogP contribution in [0.4, 0.5) is 0 Å². The van der Waals surface area contributed by atoms with E-state index in [9.17, 15) is 9.59 Å². The molecule has 2 amide bonds. The van der Waals surface area contributed by atoms with Crippen LogP contribution < -0.4 is 0 Å². The maximum Gasteiger partial charge on any atom is 0.257 e. The van der Waals surface area contributed by atoms with E-state index < -0.39 is 0 Å². The molecule has 6 nitrogen and oxygen atoms in total. The average molecular weight is 387 g/mol. The van der Waals surface area contributed by atoms with Crippen LogP contribution in [0.15, 0.2) is 30.5 Å².